The molecule has 2 rings (SSSR count). The summed E-state index contributed by atoms with van der Waals surface area (Å²) < 4.78 is 48.8. The number of pyridine rings is 1. The van der Waals surface area contributed by atoms with E-state index in [0.717, 1.165) is 25.3 Å². The monoisotopic (exact) mass is 422 g/mol. The molecular formula is C19H26ClF3N2O3. The highest BCUT2D eigenvalue weighted by atomic mass is 35.5. The Morgan fingerprint density at radius 3 is 2.64 bits per heavy atom. The molecule has 1 aliphatic heterocycles. The van der Waals surface area contributed by atoms with Crippen molar-refractivity contribution in [2.24, 2.45) is 0 Å². The molecule has 9 heteroatoms. The van der Waals surface area contributed by atoms with Crippen molar-refractivity contribution in [2.75, 3.05) is 13.2 Å². The van der Waals surface area contributed by atoms with Gasteiger partial charge in [-0.15, -0.1) is 0 Å². The molecule has 2 heterocycles. The summed E-state index contributed by atoms with van der Waals surface area (Å²) in [6.45, 7) is 6.40. The number of aromatic nitrogens is 1. The summed E-state index contributed by atoms with van der Waals surface area (Å²) in [5.74, 6) is -0.0256. The number of hydrogen-bond donors (Lipinski definition) is 0. The fourth-order valence-corrected chi connectivity index (χ4v) is 3.26. The maximum absolute atomic E-state index is 12.6. The zero-order valence-electron chi connectivity index (χ0n) is 16.3. The van der Waals surface area contributed by atoms with E-state index >= 15 is 0 Å². The largest absolute Gasteiger partial charge is 0.477 e. The number of carbonyl (C=O) groups excluding carboxylic acids is 1. The summed E-state index contributed by atoms with van der Waals surface area (Å²) in [5.41, 5.74) is -1.47. The number of alkyl halides is 3. The lowest BCUT2D eigenvalue weighted by Gasteiger charge is -2.36. The Kier molecular flexibility index (Phi) is 7.42. The van der Waals surface area contributed by atoms with E-state index < -0.39 is 17.3 Å². The molecule has 5 nitrogen and oxygen atoms in total. The number of rotatable bonds is 5. The van der Waals surface area contributed by atoms with E-state index in [4.69, 9.17) is 21.1 Å². The second-order valence-corrected chi connectivity index (χ2v) is 8.23. The number of nitrogens with zero attached hydrogens (tertiary/aromatic N) is 2. The molecule has 158 valence electrons. The summed E-state index contributed by atoms with van der Waals surface area (Å²) in [5, 5.41) is -0.178. The summed E-state index contributed by atoms with van der Waals surface area (Å²) >= 11 is 5.83. The van der Waals surface area contributed by atoms with E-state index in [2.05, 4.69) is 4.98 Å². The molecular weight excluding hydrogens is 397 g/mol. The second kappa shape index (κ2) is 9.20. The molecule has 0 N–H and O–H groups in total. The fraction of sp³-hybridized carbons (Fsp3) is 0.684. The topological polar surface area (TPSA) is 51.7 Å². The van der Waals surface area contributed by atoms with Gasteiger partial charge in [-0.1, -0.05) is 11.6 Å². The number of ether oxygens (including phenoxy) is 2. The van der Waals surface area contributed by atoms with Gasteiger partial charge < -0.3 is 14.4 Å². The quantitative estimate of drug-likeness (QED) is 0.571. The van der Waals surface area contributed by atoms with Gasteiger partial charge in [0.25, 0.3) is 0 Å². The van der Waals surface area contributed by atoms with Gasteiger partial charge in [0.2, 0.25) is 5.88 Å². The van der Waals surface area contributed by atoms with E-state index in [9.17, 15) is 18.0 Å². The van der Waals surface area contributed by atoms with Gasteiger partial charge in [-0.25, -0.2) is 9.78 Å². The van der Waals surface area contributed by atoms with Crippen molar-refractivity contribution in [1.29, 1.82) is 0 Å². The second-order valence-electron chi connectivity index (χ2n) is 7.82. The first-order valence-corrected chi connectivity index (χ1v) is 9.70. The molecule has 1 unspecified atom stereocenters. The molecule has 1 amide bonds. The Hall–Kier alpha value is -1.70. The molecule has 1 saturated heterocycles. The minimum atomic E-state index is -4.50. The zero-order chi connectivity index (χ0) is 20.9. The molecule has 0 aliphatic carbocycles. The molecule has 0 bridgehead atoms. The van der Waals surface area contributed by atoms with E-state index in [0.29, 0.717) is 25.6 Å². The third-order valence-electron chi connectivity index (χ3n) is 4.31. The van der Waals surface area contributed by atoms with Crippen molar-refractivity contribution in [3.05, 3.63) is 22.8 Å². The van der Waals surface area contributed by atoms with E-state index in [1.807, 2.05) is 20.8 Å². The Bertz CT molecular complexity index is 677. The number of carbonyl (C=O) groups is 1. The van der Waals surface area contributed by atoms with Gasteiger partial charge in [0.1, 0.15) is 10.6 Å². The smallest absolute Gasteiger partial charge is 0.417 e. The summed E-state index contributed by atoms with van der Waals surface area (Å²) in [6, 6.07) is 0.859. The van der Waals surface area contributed by atoms with Crippen molar-refractivity contribution in [1.82, 2.24) is 9.88 Å². The molecule has 1 aliphatic rings. The van der Waals surface area contributed by atoms with E-state index in [-0.39, 0.29) is 29.6 Å². The van der Waals surface area contributed by atoms with Crippen LogP contribution in [0.3, 0.4) is 0 Å². The van der Waals surface area contributed by atoms with Gasteiger partial charge in [-0.3, -0.25) is 0 Å². The van der Waals surface area contributed by atoms with Crippen LogP contribution in [0.2, 0.25) is 5.02 Å². The van der Waals surface area contributed by atoms with Crippen LogP contribution >= 0.6 is 11.6 Å². The zero-order valence-corrected chi connectivity index (χ0v) is 17.1. The van der Waals surface area contributed by atoms with E-state index in [1.54, 1.807) is 4.90 Å². The van der Waals surface area contributed by atoms with E-state index in [1.165, 1.54) is 0 Å². The van der Waals surface area contributed by atoms with Crippen LogP contribution in [0.1, 0.15) is 58.4 Å². The van der Waals surface area contributed by atoms with Crippen LogP contribution in [0, 0.1) is 0 Å². The van der Waals surface area contributed by atoms with Crippen LogP contribution in [0.25, 0.3) is 0 Å². The van der Waals surface area contributed by atoms with Gasteiger partial charge in [0.05, 0.1) is 12.2 Å². The Morgan fingerprint density at radius 2 is 2.04 bits per heavy atom. The lowest BCUT2D eigenvalue weighted by Crippen LogP contribution is -2.46. The SMILES string of the molecule is CC(C)(C)OC(=O)N1CCCCC1CCCOc1ncc(C(F)(F)F)cc1Cl. The lowest BCUT2D eigenvalue weighted by molar-refractivity contribution is -0.137. The normalized spacial score (nSPS) is 18.1. The van der Waals surface area contributed by atoms with Crippen LogP contribution < -0.4 is 4.74 Å². The summed E-state index contributed by atoms with van der Waals surface area (Å²) in [4.78, 5) is 17.8. The third-order valence-corrected chi connectivity index (χ3v) is 4.58. The molecule has 0 radical (unpaired) electrons. The van der Waals surface area contributed by atoms with Crippen molar-refractivity contribution >= 4 is 17.7 Å². The molecule has 28 heavy (non-hydrogen) atoms. The molecule has 1 aromatic rings. The van der Waals surface area contributed by atoms with Crippen molar-refractivity contribution < 1.29 is 27.4 Å². The maximum Gasteiger partial charge on any atom is 0.417 e. The molecule has 0 aromatic carbocycles. The Balaban J connectivity index is 1.85. The first-order valence-electron chi connectivity index (χ1n) is 9.32. The summed E-state index contributed by atoms with van der Waals surface area (Å²) in [7, 11) is 0. The maximum atomic E-state index is 12.6. The first-order chi connectivity index (χ1) is 13.0. The molecule has 1 atom stereocenters. The molecule has 0 spiro atoms. The highest BCUT2D eigenvalue weighted by Crippen LogP contribution is 2.33. The Labute approximate surface area is 168 Å². The van der Waals surface area contributed by atoms with Gasteiger partial charge in [-0.05, 0) is 58.9 Å². The number of likely N-dealkylation sites (tertiary alicyclic amines) is 1. The first kappa shape index (κ1) is 22.6. The van der Waals surface area contributed by atoms with Crippen LogP contribution in [-0.2, 0) is 10.9 Å². The standard InChI is InChI=1S/C19H26ClF3N2O3/c1-18(2,3)28-17(26)25-9-5-4-7-14(25)8-6-10-27-16-15(20)11-13(12-24-16)19(21,22)23/h11-12,14H,4-10H2,1-3H3. The minimum absolute atomic E-state index is 0.0256. The van der Waals surface area contributed by atoms with Crippen LogP contribution in [0.4, 0.5) is 18.0 Å². The minimum Gasteiger partial charge on any atom is -0.477 e. The molecule has 1 aromatic heterocycles. The van der Waals surface area contributed by atoms with Crippen molar-refractivity contribution in [2.45, 2.75) is 70.7 Å². The molecule has 0 saturated carbocycles. The summed E-state index contributed by atoms with van der Waals surface area (Å²) in [6.07, 6.45) is 0.0759. The number of hydrogen-bond acceptors (Lipinski definition) is 4. The highest BCUT2D eigenvalue weighted by molar-refractivity contribution is 6.31. The lowest BCUT2D eigenvalue weighted by atomic mass is 9.98. The fourth-order valence-electron chi connectivity index (χ4n) is 3.04. The van der Waals surface area contributed by atoms with Gasteiger partial charge >= 0.3 is 12.3 Å². The van der Waals surface area contributed by atoms with Crippen molar-refractivity contribution in [3.8, 4) is 5.88 Å². The highest BCUT2D eigenvalue weighted by Gasteiger charge is 2.32. The van der Waals surface area contributed by atoms with Crippen LogP contribution in [0.5, 0.6) is 5.88 Å². The predicted molar refractivity (Wildman–Crippen MR) is 99.6 cm³/mol. The average Bonchev–Trinajstić information content (AvgIpc) is 2.57. The predicted octanol–water partition coefficient (Wildman–Crippen LogP) is 5.70. The van der Waals surface area contributed by atoms with Gasteiger partial charge in [-0.2, -0.15) is 13.2 Å². The van der Waals surface area contributed by atoms with Crippen LogP contribution in [0.15, 0.2) is 12.3 Å². The third kappa shape index (κ3) is 6.72. The van der Waals surface area contributed by atoms with Crippen molar-refractivity contribution in [3.63, 3.8) is 0 Å². The average molecular weight is 423 g/mol. The van der Waals surface area contributed by atoms with Gasteiger partial charge in [0, 0.05) is 18.8 Å². The number of amides is 1. The number of halogens is 4. The van der Waals surface area contributed by atoms with Gasteiger partial charge in [0.15, 0.2) is 0 Å². The number of piperidine rings is 1. The Morgan fingerprint density at radius 1 is 1.32 bits per heavy atom. The molecule has 1 fully saturated rings. The van der Waals surface area contributed by atoms with Crippen LogP contribution in [-0.4, -0.2) is 40.8 Å².